The fourth-order valence-corrected chi connectivity index (χ4v) is 7.56. The number of aryl methyl sites for hydroxylation is 1. The molecule has 2 aromatic carbocycles. The Balaban J connectivity index is 1.38. The number of carbonyl (C=O) groups excluding carboxylic acids is 2. The quantitative estimate of drug-likeness (QED) is 0.111. The van der Waals surface area contributed by atoms with Crippen LogP contribution in [0.2, 0.25) is 0 Å². The summed E-state index contributed by atoms with van der Waals surface area (Å²) in [5.74, 6) is 0.873. The summed E-state index contributed by atoms with van der Waals surface area (Å²) < 4.78 is 28.3. The average molecular weight is 704 g/mol. The van der Waals surface area contributed by atoms with E-state index in [1.54, 1.807) is 24.3 Å². The zero-order valence-electron chi connectivity index (χ0n) is 30.9. The molecule has 2 fully saturated rings. The number of fused-ring (bicyclic) bond motifs is 1. The van der Waals surface area contributed by atoms with Crippen LogP contribution in [0.3, 0.4) is 0 Å². The van der Waals surface area contributed by atoms with Crippen molar-refractivity contribution >= 4 is 34.7 Å². The Bertz CT molecular complexity index is 1740. The number of piperidine rings is 2. The summed E-state index contributed by atoms with van der Waals surface area (Å²) in [5.41, 5.74) is 2.39. The van der Waals surface area contributed by atoms with Crippen molar-refractivity contribution in [1.29, 1.82) is 0 Å². The molecule has 0 radical (unpaired) electrons. The molecule has 2 amide bonds. The van der Waals surface area contributed by atoms with Crippen LogP contribution in [0.1, 0.15) is 81.9 Å². The van der Waals surface area contributed by atoms with Crippen molar-refractivity contribution in [3.05, 3.63) is 63.5 Å². The largest absolute Gasteiger partial charge is 0.493 e. The number of esters is 1. The lowest BCUT2D eigenvalue weighted by atomic mass is 9.97. The van der Waals surface area contributed by atoms with Gasteiger partial charge < -0.3 is 33.6 Å². The van der Waals surface area contributed by atoms with Crippen LogP contribution in [-0.2, 0) is 16.0 Å². The number of hydrogen-bond acceptors (Lipinski definition) is 9. The van der Waals surface area contributed by atoms with Gasteiger partial charge >= 0.3 is 17.6 Å². The standard InChI is InChI=1S/C40H53N3O8/c1-7-29-13-9-11-19-42(29)25-31(50-37(44)18-15-27-21-35(47-4)38(49-6)36(22-27)48-5)24-33-26(3)32-17-16-28(23-34(32)51-39(33)45)41-40(46)43-20-12-10-14-30(43)8-2/h15-18,21-23,29-31H,7-14,19-20,24-25H2,1-6H3,(H,41,46). The van der Waals surface area contributed by atoms with Crippen LogP contribution in [0.4, 0.5) is 10.5 Å². The van der Waals surface area contributed by atoms with Gasteiger partial charge in [-0.25, -0.2) is 14.4 Å². The van der Waals surface area contributed by atoms with Gasteiger partial charge in [-0.15, -0.1) is 0 Å². The van der Waals surface area contributed by atoms with E-state index in [2.05, 4.69) is 24.1 Å². The van der Waals surface area contributed by atoms with Crippen LogP contribution in [0.5, 0.6) is 17.2 Å². The van der Waals surface area contributed by atoms with Gasteiger partial charge in [0.2, 0.25) is 5.75 Å². The maximum atomic E-state index is 13.6. The van der Waals surface area contributed by atoms with Gasteiger partial charge in [0, 0.05) is 60.4 Å². The van der Waals surface area contributed by atoms with E-state index < -0.39 is 17.7 Å². The number of amides is 2. The molecule has 3 atom stereocenters. The van der Waals surface area contributed by atoms with Crippen LogP contribution >= 0.6 is 0 Å². The molecule has 1 N–H and O–H groups in total. The Morgan fingerprint density at radius 3 is 2.29 bits per heavy atom. The van der Waals surface area contributed by atoms with Crippen molar-refractivity contribution < 1.29 is 33.0 Å². The minimum absolute atomic E-state index is 0.136. The predicted molar refractivity (Wildman–Crippen MR) is 199 cm³/mol. The third kappa shape index (κ3) is 9.05. The zero-order valence-corrected chi connectivity index (χ0v) is 30.9. The lowest BCUT2D eigenvalue weighted by Gasteiger charge is -2.37. The highest BCUT2D eigenvalue weighted by Crippen LogP contribution is 2.38. The van der Waals surface area contributed by atoms with Gasteiger partial charge in [-0.3, -0.25) is 4.90 Å². The third-order valence-electron chi connectivity index (χ3n) is 10.4. The molecule has 276 valence electrons. The van der Waals surface area contributed by atoms with Crippen molar-refractivity contribution in [1.82, 2.24) is 9.80 Å². The number of methoxy groups -OCH3 is 3. The first-order valence-corrected chi connectivity index (χ1v) is 18.3. The van der Waals surface area contributed by atoms with Crippen LogP contribution in [0.25, 0.3) is 17.0 Å². The second-order valence-electron chi connectivity index (χ2n) is 13.5. The van der Waals surface area contributed by atoms with E-state index in [9.17, 15) is 14.4 Å². The first-order valence-electron chi connectivity index (χ1n) is 18.3. The van der Waals surface area contributed by atoms with Crippen molar-refractivity contribution in [2.24, 2.45) is 0 Å². The normalized spacial score (nSPS) is 18.8. The number of carbonyl (C=O) groups is 2. The zero-order chi connectivity index (χ0) is 36.5. The van der Waals surface area contributed by atoms with E-state index in [0.29, 0.717) is 52.2 Å². The van der Waals surface area contributed by atoms with Crippen molar-refractivity contribution in [2.75, 3.05) is 46.3 Å². The molecule has 51 heavy (non-hydrogen) atoms. The minimum atomic E-state index is -0.595. The summed E-state index contributed by atoms with van der Waals surface area (Å²) in [6.45, 7) is 8.32. The second-order valence-corrected chi connectivity index (χ2v) is 13.5. The summed E-state index contributed by atoms with van der Waals surface area (Å²) in [7, 11) is 4.60. The third-order valence-corrected chi connectivity index (χ3v) is 10.4. The number of urea groups is 1. The van der Waals surface area contributed by atoms with E-state index in [0.717, 1.165) is 69.0 Å². The lowest BCUT2D eigenvalue weighted by Crippen LogP contribution is -2.45. The summed E-state index contributed by atoms with van der Waals surface area (Å²) in [6.07, 6.45) is 11.0. The Kier molecular flexibility index (Phi) is 13.0. The summed E-state index contributed by atoms with van der Waals surface area (Å²) >= 11 is 0. The molecular weight excluding hydrogens is 650 g/mol. The molecule has 0 spiro atoms. The van der Waals surface area contributed by atoms with Gasteiger partial charge in [-0.1, -0.05) is 20.3 Å². The molecule has 3 heterocycles. The number of anilines is 1. The fourth-order valence-electron chi connectivity index (χ4n) is 7.56. The van der Waals surface area contributed by atoms with Crippen LogP contribution in [0.15, 0.2) is 45.6 Å². The minimum Gasteiger partial charge on any atom is -0.493 e. The van der Waals surface area contributed by atoms with E-state index in [1.807, 2.05) is 24.0 Å². The Labute approximate surface area is 300 Å². The average Bonchev–Trinajstić information content (AvgIpc) is 3.15. The number of likely N-dealkylation sites (tertiary alicyclic amines) is 2. The summed E-state index contributed by atoms with van der Waals surface area (Å²) in [5, 5.41) is 3.78. The number of nitrogens with one attached hydrogen (secondary N) is 1. The number of hydrogen-bond donors (Lipinski definition) is 1. The van der Waals surface area contributed by atoms with Crippen molar-refractivity contribution in [3.8, 4) is 17.2 Å². The molecule has 5 rings (SSSR count). The first kappa shape index (κ1) is 37.7. The Hall–Kier alpha value is -4.51. The van der Waals surface area contributed by atoms with Crippen molar-refractivity contribution in [3.63, 3.8) is 0 Å². The molecule has 11 heteroatoms. The summed E-state index contributed by atoms with van der Waals surface area (Å²) in [4.78, 5) is 44.4. The molecule has 1 aromatic heterocycles. The number of nitrogens with zero attached hydrogens (tertiary/aromatic N) is 2. The molecule has 2 aliphatic heterocycles. The molecule has 2 aliphatic rings. The van der Waals surface area contributed by atoms with Gasteiger partial charge in [0.15, 0.2) is 11.5 Å². The summed E-state index contributed by atoms with van der Waals surface area (Å²) in [6, 6.07) is 9.40. The molecule has 3 unspecified atom stereocenters. The monoisotopic (exact) mass is 703 g/mol. The lowest BCUT2D eigenvalue weighted by molar-refractivity contribution is -0.144. The molecule has 3 aromatic rings. The van der Waals surface area contributed by atoms with Gasteiger partial charge in [-0.2, -0.15) is 0 Å². The van der Waals surface area contributed by atoms with E-state index >= 15 is 0 Å². The molecular formula is C40H53N3O8. The smallest absolute Gasteiger partial charge is 0.339 e. The fraction of sp³-hybridized carbons (Fsp3) is 0.525. The van der Waals surface area contributed by atoms with Gasteiger partial charge in [-0.05, 0) is 99.9 Å². The van der Waals surface area contributed by atoms with Gasteiger partial charge in [0.05, 0.1) is 21.3 Å². The first-order chi connectivity index (χ1) is 24.7. The SMILES string of the molecule is CCC1CCCCN1CC(Cc1c(C)c2ccc(NC(=O)N3CCCCC3CC)cc2oc1=O)OC(=O)C=Cc1cc(OC)c(OC)c(OC)c1. The van der Waals surface area contributed by atoms with Gasteiger partial charge in [0.25, 0.3) is 0 Å². The number of rotatable bonds is 13. The Morgan fingerprint density at radius 2 is 1.63 bits per heavy atom. The predicted octanol–water partition coefficient (Wildman–Crippen LogP) is 7.36. The Morgan fingerprint density at radius 1 is 0.941 bits per heavy atom. The van der Waals surface area contributed by atoms with Crippen LogP contribution in [0, 0.1) is 6.92 Å². The number of ether oxygens (including phenoxy) is 4. The van der Waals surface area contributed by atoms with Crippen LogP contribution in [-0.4, -0.2) is 81.0 Å². The molecule has 2 saturated heterocycles. The van der Waals surface area contributed by atoms with Crippen molar-refractivity contribution in [2.45, 2.75) is 96.7 Å². The topological polar surface area (TPSA) is 120 Å². The van der Waals surface area contributed by atoms with E-state index in [1.165, 1.54) is 33.8 Å². The van der Waals surface area contributed by atoms with E-state index in [4.69, 9.17) is 23.4 Å². The maximum absolute atomic E-state index is 13.6. The highest BCUT2D eigenvalue weighted by atomic mass is 16.5. The second kappa shape index (κ2) is 17.6. The molecule has 0 saturated carbocycles. The van der Waals surface area contributed by atoms with E-state index in [-0.39, 0.29) is 18.5 Å². The highest BCUT2D eigenvalue weighted by molar-refractivity contribution is 5.93. The molecule has 11 nitrogen and oxygen atoms in total. The maximum Gasteiger partial charge on any atom is 0.339 e. The molecule has 0 aliphatic carbocycles. The number of benzene rings is 2. The van der Waals surface area contributed by atoms with Gasteiger partial charge in [0.1, 0.15) is 11.7 Å². The highest BCUT2D eigenvalue weighted by Gasteiger charge is 2.28. The van der Waals surface area contributed by atoms with Crippen LogP contribution < -0.4 is 25.2 Å². The molecule has 0 bridgehead atoms.